The van der Waals surface area contributed by atoms with Crippen LogP contribution in [0.25, 0.3) is 0 Å². The molecule has 0 saturated carbocycles. The zero-order valence-corrected chi connectivity index (χ0v) is 16.6. The standard InChI is InChI=1S/C22H24FN5O2/c23-20-8-4-17(5-9-20)12-22(15-29)10-1-11-27(14-22)21(30)19-6-2-18(3-7-19)13-28-16-24-25-26-28/h2-9,16,29H,1,10-15H2/t22-/m0/s1. The quantitative estimate of drug-likeness (QED) is 0.676. The molecule has 1 aliphatic heterocycles. The van der Waals surface area contributed by atoms with Gasteiger partial charge in [0.15, 0.2) is 0 Å². The van der Waals surface area contributed by atoms with Crippen molar-refractivity contribution in [2.75, 3.05) is 19.7 Å². The fraction of sp³-hybridized carbons (Fsp3) is 0.364. The molecule has 7 nitrogen and oxygen atoms in total. The van der Waals surface area contributed by atoms with Crippen LogP contribution in [0.15, 0.2) is 54.9 Å². The molecule has 0 aliphatic carbocycles. The predicted molar refractivity (Wildman–Crippen MR) is 108 cm³/mol. The molecule has 1 atom stereocenters. The topological polar surface area (TPSA) is 84.1 Å². The highest BCUT2D eigenvalue weighted by atomic mass is 19.1. The number of aromatic nitrogens is 4. The van der Waals surface area contributed by atoms with E-state index in [1.54, 1.807) is 23.1 Å². The van der Waals surface area contributed by atoms with Crippen molar-refractivity contribution >= 4 is 5.91 Å². The number of aliphatic hydroxyl groups excluding tert-OH is 1. The van der Waals surface area contributed by atoms with Crippen molar-refractivity contribution < 1.29 is 14.3 Å². The Bertz CT molecular complexity index is 976. The van der Waals surface area contributed by atoms with E-state index in [-0.39, 0.29) is 18.3 Å². The van der Waals surface area contributed by atoms with Crippen LogP contribution in [0.4, 0.5) is 4.39 Å². The molecule has 4 rings (SSSR count). The van der Waals surface area contributed by atoms with Crippen LogP contribution in [0.5, 0.6) is 0 Å². The van der Waals surface area contributed by atoms with E-state index in [9.17, 15) is 14.3 Å². The van der Waals surface area contributed by atoms with E-state index in [4.69, 9.17) is 0 Å². The lowest BCUT2D eigenvalue weighted by Crippen LogP contribution is -2.49. The Morgan fingerprint density at radius 3 is 2.50 bits per heavy atom. The van der Waals surface area contributed by atoms with Crippen LogP contribution in [-0.4, -0.2) is 55.8 Å². The van der Waals surface area contributed by atoms with Crippen molar-refractivity contribution in [3.8, 4) is 0 Å². The molecule has 1 N–H and O–H groups in total. The first kappa shape index (κ1) is 20.2. The Morgan fingerprint density at radius 2 is 1.83 bits per heavy atom. The summed E-state index contributed by atoms with van der Waals surface area (Å²) in [6, 6.07) is 13.8. The first-order valence-corrected chi connectivity index (χ1v) is 10.0. The number of likely N-dealkylation sites (tertiary alicyclic amines) is 1. The van der Waals surface area contributed by atoms with Crippen molar-refractivity contribution in [1.82, 2.24) is 25.1 Å². The number of aliphatic hydroxyl groups is 1. The SMILES string of the molecule is O=C(c1ccc(Cn2cnnn2)cc1)N1CCC[C@](CO)(Cc2ccc(F)cc2)C1. The van der Waals surface area contributed by atoms with Crippen LogP contribution in [0, 0.1) is 11.2 Å². The second-order valence-corrected chi connectivity index (χ2v) is 8.00. The van der Waals surface area contributed by atoms with Crippen molar-refractivity contribution in [3.63, 3.8) is 0 Å². The van der Waals surface area contributed by atoms with E-state index in [1.165, 1.54) is 12.1 Å². The Kier molecular flexibility index (Phi) is 5.85. The van der Waals surface area contributed by atoms with Crippen molar-refractivity contribution in [1.29, 1.82) is 0 Å². The van der Waals surface area contributed by atoms with Crippen LogP contribution < -0.4 is 0 Å². The minimum Gasteiger partial charge on any atom is -0.396 e. The summed E-state index contributed by atoms with van der Waals surface area (Å²) < 4.78 is 14.8. The average molecular weight is 409 g/mol. The van der Waals surface area contributed by atoms with Crippen LogP contribution in [0.3, 0.4) is 0 Å². The summed E-state index contributed by atoms with van der Waals surface area (Å²) in [6.07, 6.45) is 3.81. The van der Waals surface area contributed by atoms with Gasteiger partial charge in [0.2, 0.25) is 0 Å². The third kappa shape index (κ3) is 4.54. The number of piperidine rings is 1. The first-order chi connectivity index (χ1) is 14.6. The highest BCUT2D eigenvalue weighted by molar-refractivity contribution is 5.94. The minimum atomic E-state index is -0.411. The maximum Gasteiger partial charge on any atom is 0.253 e. The largest absolute Gasteiger partial charge is 0.396 e. The van der Waals surface area contributed by atoms with E-state index in [2.05, 4.69) is 15.5 Å². The van der Waals surface area contributed by atoms with Crippen molar-refractivity contribution in [3.05, 3.63) is 77.4 Å². The molecule has 0 spiro atoms. The lowest BCUT2D eigenvalue weighted by molar-refractivity contribution is 0.0271. The van der Waals surface area contributed by atoms with Gasteiger partial charge in [0.05, 0.1) is 13.2 Å². The first-order valence-electron chi connectivity index (χ1n) is 10.0. The average Bonchev–Trinajstić information content (AvgIpc) is 3.29. The van der Waals surface area contributed by atoms with Crippen molar-refractivity contribution in [2.45, 2.75) is 25.8 Å². The lowest BCUT2D eigenvalue weighted by Gasteiger charge is -2.42. The van der Waals surface area contributed by atoms with E-state index in [1.807, 2.05) is 29.2 Å². The lowest BCUT2D eigenvalue weighted by atomic mass is 9.75. The second-order valence-electron chi connectivity index (χ2n) is 8.00. The van der Waals surface area contributed by atoms with E-state index < -0.39 is 5.41 Å². The van der Waals surface area contributed by atoms with Gasteiger partial charge in [0, 0.05) is 24.1 Å². The Hall–Kier alpha value is -3.13. The summed E-state index contributed by atoms with van der Waals surface area (Å²) in [7, 11) is 0. The molecule has 156 valence electrons. The molecule has 1 saturated heterocycles. The van der Waals surface area contributed by atoms with Gasteiger partial charge in [0.25, 0.3) is 5.91 Å². The highest BCUT2D eigenvalue weighted by Gasteiger charge is 2.37. The molecule has 8 heteroatoms. The van der Waals surface area contributed by atoms with Gasteiger partial charge in [-0.1, -0.05) is 24.3 Å². The number of nitrogens with zero attached hydrogens (tertiary/aromatic N) is 5. The predicted octanol–water partition coefficient (Wildman–Crippen LogP) is 2.32. The number of carbonyl (C=O) groups is 1. The Labute approximate surface area is 174 Å². The number of amides is 1. The van der Waals surface area contributed by atoms with Gasteiger partial charge < -0.3 is 10.0 Å². The highest BCUT2D eigenvalue weighted by Crippen LogP contribution is 2.34. The zero-order chi connectivity index (χ0) is 21.0. The van der Waals surface area contributed by atoms with Crippen LogP contribution in [0.2, 0.25) is 0 Å². The molecule has 2 heterocycles. The summed E-state index contributed by atoms with van der Waals surface area (Å²) >= 11 is 0. The van der Waals surface area contributed by atoms with Gasteiger partial charge in [-0.05, 0) is 65.1 Å². The molecule has 30 heavy (non-hydrogen) atoms. The molecule has 1 fully saturated rings. The molecule has 3 aromatic rings. The normalized spacial score (nSPS) is 19.1. The second kappa shape index (κ2) is 8.71. The monoisotopic (exact) mass is 409 g/mol. The fourth-order valence-corrected chi connectivity index (χ4v) is 4.12. The summed E-state index contributed by atoms with van der Waals surface area (Å²) in [5.74, 6) is -0.318. The number of hydrogen-bond donors (Lipinski definition) is 1. The number of rotatable bonds is 6. The van der Waals surface area contributed by atoms with Gasteiger partial charge in [0.1, 0.15) is 12.1 Å². The molecule has 1 aromatic heterocycles. The van der Waals surface area contributed by atoms with Crippen molar-refractivity contribution in [2.24, 2.45) is 5.41 Å². The molecule has 1 aliphatic rings. The zero-order valence-electron chi connectivity index (χ0n) is 16.6. The third-order valence-corrected chi connectivity index (χ3v) is 5.71. The number of halogens is 1. The van der Waals surface area contributed by atoms with Gasteiger partial charge >= 0.3 is 0 Å². The van der Waals surface area contributed by atoms with Gasteiger partial charge in [-0.3, -0.25) is 4.79 Å². The third-order valence-electron chi connectivity index (χ3n) is 5.71. The summed E-state index contributed by atoms with van der Waals surface area (Å²) in [5, 5.41) is 21.2. The number of tetrazole rings is 1. The molecule has 0 bridgehead atoms. The van der Waals surface area contributed by atoms with Gasteiger partial charge in [-0.2, -0.15) is 0 Å². The van der Waals surface area contributed by atoms with E-state index in [0.29, 0.717) is 31.6 Å². The van der Waals surface area contributed by atoms with Crippen LogP contribution >= 0.6 is 0 Å². The van der Waals surface area contributed by atoms with Crippen LogP contribution in [-0.2, 0) is 13.0 Å². The maximum atomic E-state index is 13.2. The van der Waals surface area contributed by atoms with Gasteiger partial charge in [-0.25, -0.2) is 9.07 Å². The fourth-order valence-electron chi connectivity index (χ4n) is 4.12. The van der Waals surface area contributed by atoms with E-state index in [0.717, 1.165) is 24.0 Å². The summed E-state index contributed by atoms with van der Waals surface area (Å²) in [6.45, 7) is 1.66. The summed E-state index contributed by atoms with van der Waals surface area (Å²) in [5.41, 5.74) is 2.17. The molecule has 0 unspecified atom stereocenters. The molecular weight excluding hydrogens is 385 g/mol. The van der Waals surface area contributed by atoms with Gasteiger partial charge in [-0.15, -0.1) is 5.10 Å². The minimum absolute atomic E-state index is 0.0148. The number of hydrogen-bond acceptors (Lipinski definition) is 5. The Balaban J connectivity index is 1.45. The molecule has 0 radical (unpaired) electrons. The number of carbonyl (C=O) groups excluding carboxylic acids is 1. The van der Waals surface area contributed by atoms with E-state index >= 15 is 0 Å². The smallest absolute Gasteiger partial charge is 0.253 e. The summed E-state index contributed by atoms with van der Waals surface area (Å²) in [4.78, 5) is 14.9. The maximum absolute atomic E-state index is 13.2. The molecule has 2 aromatic carbocycles. The molecule has 1 amide bonds. The Morgan fingerprint density at radius 1 is 1.10 bits per heavy atom. The number of benzene rings is 2. The molecular formula is C22H24FN5O2. The van der Waals surface area contributed by atoms with Crippen LogP contribution in [0.1, 0.15) is 34.3 Å².